The van der Waals surface area contributed by atoms with E-state index in [1.54, 1.807) is 0 Å². The topological polar surface area (TPSA) is 62.2 Å². The van der Waals surface area contributed by atoms with Crippen LogP contribution in [0.4, 0.5) is 0 Å². The van der Waals surface area contributed by atoms with Gasteiger partial charge in [-0.15, -0.1) is 0 Å². The van der Waals surface area contributed by atoms with E-state index < -0.39 is 0 Å². The van der Waals surface area contributed by atoms with Gasteiger partial charge in [0.25, 0.3) is 0 Å². The standard InChI is InChI=1S/C22H45NO4/c1-2-3-4-5-6-7-8-9-10-11-17-26-19-22(27-20-25)18-23(15-16-24)21-13-12-14-21/h21-22,24-25H,2-20H2,1H3. The first kappa shape index (κ1) is 24.8. The second-order valence-electron chi connectivity index (χ2n) is 7.98. The number of rotatable bonds is 20. The molecule has 1 unspecified atom stereocenters. The van der Waals surface area contributed by atoms with Gasteiger partial charge in [0.2, 0.25) is 0 Å². The lowest BCUT2D eigenvalue weighted by Crippen LogP contribution is -2.47. The number of aliphatic hydroxyl groups excluding tert-OH is 2. The minimum atomic E-state index is -0.274. The summed E-state index contributed by atoms with van der Waals surface area (Å²) in [5, 5.41) is 18.4. The van der Waals surface area contributed by atoms with E-state index in [0.29, 0.717) is 19.2 Å². The van der Waals surface area contributed by atoms with Crippen LogP contribution in [-0.4, -0.2) is 67.0 Å². The fourth-order valence-electron chi connectivity index (χ4n) is 3.73. The van der Waals surface area contributed by atoms with Crippen LogP contribution < -0.4 is 0 Å². The quantitative estimate of drug-likeness (QED) is 0.243. The Morgan fingerprint density at radius 1 is 0.926 bits per heavy atom. The van der Waals surface area contributed by atoms with Crippen molar-refractivity contribution in [3.8, 4) is 0 Å². The molecule has 0 aromatic carbocycles. The molecule has 0 saturated heterocycles. The normalized spacial score (nSPS) is 16.0. The van der Waals surface area contributed by atoms with Gasteiger partial charge in [0.15, 0.2) is 0 Å². The van der Waals surface area contributed by atoms with Crippen LogP contribution in [0.2, 0.25) is 0 Å². The zero-order valence-corrected chi connectivity index (χ0v) is 17.7. The third kappa shape index (κ3) is 12.8. The number of hydrogen-bond donors (Lipinski definition) is 2. The lowest BCUT2D eigenvalue weighted by atomic mass is 9.91. The molecular formula is C22H45NO4. The lowest BCUT2D eigenvalue weighted by Gasteiger charge is -2.38. The summed E-state index contributed by atoms with van der Waals surface area (Å²) in [5.74, 6) is 0. The third-order valence-corrected chi connectivity index (χ3v) is 5.67. The molecule has 1 saturated carbocycles. The van der Waals surface area contributed by atoms with Crippen LogP contribution in [0.3, 0.4) is 0 Å². The van der Waals surface area contributed by atoms with Crippen LogP contribution in [0.25, 0.3) is 0 Å². The van der Waals surface area contributed by atoms with Gasteiger partial charge < -0.3 is 19.7 Å². The van der Waals surface area contributed by atoms with Crippen molar-refractivity contribution in [2.75, 3.05) is 39.7 Å². The Bertz CT molecular complexity index is 313. The Hall–Kier alpha value is -0.200. The fraction of sp³-hybridized carbons (Fsp3) is 1.00. The van der Waals surface area contributed by atoms with Crippen molar-refractivity contribution in [1.82, 2.24) is 4.90 Å². The van der Waals surface area contributed by atoms with Crippen molar-refractivity contribution in [3.05, 3.63) is 0 Å². The van der Waals surface area contributed by atoms with E-state index in [4.69, 9.17) is 14.6 Å². The second-order valence-corrected chi connectivity index (χ2v) is 7.98. The van der Waals surface area contributed by atoms with Gasteiger partial charge >= 0.3 is 0 Å². The van der Waals surface area contributed by atoms with Gasteiger partial charge in [0.1, 0.15) is 6.79 Å². The lowest BCUT2D eigenvalue weighted by molar-refractivity contribution is -0.0979. The molecule has 0 aliphatic heterocycles. The number of ether oxygens (including phenoxy) is 2. The van der Waals surface area contributed by atoms with Crippen molar-refractivity contribution in [1.29, 1.82) is 0 Å². The first-order chi connectivity index (χ1) is 13.3. The van der Waals surface area contributed by atoms with Gasteiger partial charge in [-0.3, -0.25) is 4.90 Å². The predicted molar refractivity (Wildman–Crippen MR) is 111 cm³/mol. The fourth-order valence-corrected chi connectivity index (χ4v) is 3.73. The minimum Gasteiger partial charge on any atom is -0.395 e. The summed E-state index contributed by atoms with van der Waals surface area (Å²) in [7, 11) is 0. The molecule has 0 radical (unpaired) electrons. The molecular weight excluding hydrogens is 342 g/mol. The van der Waals surface area contributed by atoms with Gasteiger partial charge in [0.05, 0.1) is 19.3 Å². The summed E-state index contributed by atoms with van der Waals surface area (Å²) < 4.78 is 11.3. The molecule has 1 fully saturated rings. The molecule has 1 aliphatic carbocycles. The van der Waals surface area contributed by atoms with Gasteiger partial charge in [-0.05, 0) is 19.3 Å². The van der Waals surface area contributed by atoms with Crippen LogP contribution in [0.1, 0.15) is 90.4 Å². The van der Waals surface area contributed by atoms with E-state index in [1.165, 1.54) is 77.0 Å². The predicted octanol–water partition coefficient (Wildman–Crippen LogP) is 4.11. The highest BCUT2D eigenvalue weighted by Gasteiger charge is 2.26. The van der Waals surface area contributed by atoms with Crippen molar-refractivity contribution in [2.45, 2.75) is 103 Å². The monoisotopic (exact) mass is 387 g/mol. The summed E-state index contributed by atoms with van der Waals surface area (Å²) in [4.78, 5) is 2.29. The highest BCUT2D eigenvalue weighted by atomic mass is 16.6. The largest absolute Gasteiger partial charge is 0.395 e. The molecule has 0 bridgehead atoms. The van der Waals surface area contributed by atoms with Crippen molar-refractivity contribution < 1.29 is 19.7 Å². The first-order valence-corrected chi connectivity index (χ1v) is 11.5. The molecule has 2 N–H and O–H groups in total. The molecule has 0 aromatic rings. The molecule has 1 rings (SSSR count). The van der Waals surface area contributed by atoms with E-state index in [-0.39, 0.29) is 19.5 Å². The summed E-state index contributed by atoms with van der Waals surface area (Å²) in [6.07, 6.45) is 16.8. The van der Waals surface area contributed by atoms with Crippen molar-refractivity contribution >= 4 is 0 Å². The number of unbranched alkanes of at least 4 members (excludes halogenated alkanes) is 9. The molecule has 162 valence electrons. The molecule has 0 aromatic heterocycles. The molecule has 0 spiro atoms. The zero-order valence-electron chi connectivity index (χ0n) is 17.7. The second kappa shape index (κ2) is 17.9. The van der Waals surface area contributed by atoms with E-state index in [9.17, 15) is 5.11 Å². The Balaban J connectivity index is 2.01. The zero-order chi connectivity index (χ0) is 19.6. The summed E-state index contributed by atoms with van der Waals surface area (Å²) >= 11 is 0. The maximum absolute atomic E-state index is 9.27. The van der Waals surface area contributed by atoms with Crippen LogP contribution in [-0.2, 0) is 9.47 Å². The van der Waals surface area contributed by atoms with Gasteiger partial charge in [-0.1, -0.05) is 71.1 Å². The molecule has 5 heteroatoms. The average Bonchev–Trinajstić information content (AvgIpc) is 2.61. The maximum Gasteiger partial charge on any atom is 0.144 e. The molecule has 5 nitrogen and oxygen atoms in total. The van der Waals surface area contributed by atoms with Gasteiger partial charge in [-0.25, -0.2) is 0 Å². The molecule has 1 atom stereocenters. The highest BCUT2D eigenvalue weighted by Crippen LogP contribution is 2.24. The summed E-state index contributed by atoms with van der Waals surface area (Å²) in [6, 6.07) is 0.559. The summed E-state index contributed by atoms with van der Waals surface area (Å²) in [6.45, 7) is 4.85. The Kier molecular flexibility index (Phi) is 16.4. The minimum absolute atomic E-state index is 0.120. The van der Waals surface area contributed by atoms with Crippen molar-refractivity contribution in [3.63, 3.8) is 0 Å². The van der Waals surface area contributed by atoms with E-state index in [0.717, 1.165) is 19.6 Å². The third-order valence-electron chi connectivity index (χ3n) is 5.67. The Labute approximate surface area is 167 Å². The van der Waals surface area contributed by atoms with Crippen LogP contribution in [0.15, 0.2) is 0 Å². The van der Waals surface area contributed by atoms with E-state index in [1.807, 2.05) is 0 Å². The van der Waals surface area contributed by atoms with Crippen LogP contribution >= 0.6 is 0 Å². The summed E-state index contributed by atoms with van der Waals surface area (Å²) in [5.41, 5.74) is 0. The average molecular weight is 388 g/mol. The van der Waals surface area contributed by atoms with E-state index >= 15 is 0 Å². The molecule has 27 heavy (non-hydrogen) atoms. The van der Waals surface area contributed by atoms with Gasteiger partial charge in [0, 0.05) is 25.7 Å². The SMILES string of the molecule is CCCCCCCCCCCCOCC(CN(CCO)C1CCC1)OCO. The smallest absolute Gasteiger partial charge is 0.144 e. The number of aliphatic hydroxyl groups is 2. The Morgan fingerprint density at radius 2 is 1.56 bits per heavy atom. The van der Waals surface area contributed by atoms with Crippen LogP contribution in [0, 0.1) is 0 Å². The highest BCUT2D eigenvalue weighted by molar-refractivity contribution is 4.81. The van der Waals surface area contributed by atoms with Gasteiger partial charge in [-0.2, -0.15) is 0 Å². The number of nitrogens with zero attached hydrogens (tertiary/aromatic N) is 1. The number of hydrogen-bond acceptors (Lipinski definition) is 5. The Morgan fingerprint density at radius 3 is 2.07 bits per heavy atom. The first-order valence-electron chi connectivity index (χ1n) is 11.5. The van der Waals surface area contributed by atoms with Crippen LogP contribution in [0.5, 0.6) is 0 Å². The molecule has 0 heterocycles. The molecule has 0 amide bonds. The maximum atomic E-state index is 9.27. The molecule has 1 aliphatic rings. The van der Waals surface area contributed by atoms with Crippen molar-refractivity contribution in [2.24, 2.45) is 0 Å². The van der Waals surface area contributed by atoms with E-state index in [2.05, 4.69) is 11.8 Å².